The Morgan fingerprint density at radius 2 is 0.839 bits per heavy atom. The molecule has 0 aromatic rings. The van der Waals surface area contributed by atoms with Crippen LogP contribution in [0, 0.1) is 0 Å². The molecule has 0 amide bonds. The monoisotopic (exact) mass is 454 g/mol. The summed E-state index contributed by atoms with van der Waals surface area (Å²) >= 11 is 0. The van der Waals surface area contributed by atoms with Crippen molar-refractivity contribution in [3.63, 3.8) is 0 Å². The molecule has 0 saturated carbocycles. The first kappa shape index (κ1) is 30.1. The Balaban J connectivity index is 3.10. The van der Waals surface area contributed by atoms with Crippen molar-refractivity contribution in [1.29, 1.82) is 0 Å². The first-order chi connectivity index (χ1) is 15.0. The first-order valence-corrected chi connectivity index (χ1v) is 10.8. The van der Waals surface area contributed by atoms with E-state index in [1.54, 1.807) is 0 Å². The molecule has 0 heterocycles. The summed E-state index contributed by atoms with van der Waals surface area (Å²) in [6.07, 6.45) is 0.237. The van der Waals surface area contributed by atoms with Crippen LogP contribution in [0.5, 0.6) is 0 Å². The predicted molar refractivity (Wildman–Crippen MR) is 113 cm³/mol. The quantitative estimate of drug-likeness (QED) is 0.176. The van der Waals surface area contributed by atoms with E-state index in [-0.39, 0.29) is 19.0 Å². The number of carbonyl (C=O) groups excluding carboxylic acids is 1. The number of hydrogen-bond donors (Lipinski definition) is 1. The fourth-order valence-corrected chi connectivity index (χ4v) is 2.03. The molecule has 186 valence electrons. The lowest BCUT2D eigenvalue weighted by atomic mass is 10.2. The normalized spacial score (nSPS) is 11.7. The summed E-state index contributed by atoms with van der Waals surface area (Å²) in [7, 11) is 0. The number of ether oxygens (including phenoxy) is 8. The highest BCUT2D eigenvalue weighted by molar-refractivity contribution is 5.69. The molecule has 0 spiro atoms. The maximum Gasteiger partial charge on any atom is 0.308 e. The molecule has 1 N–H and O–H groups in total. The fraction of sp³-hybridized carbons (Fsp3) is 0.952. The van der Waals surface area contributed by atoms with Gasteiger partial charge in [-0.3, -0.25) is 4.79 Å². The van der Waals surface area contributed by atoms with Gasteiger partial charge in [0.2, 0.25) is 0 Å². The van der Waals surface area contributed by atoms with E-state index in [4.69, 9.17) is 43.0 Å². The number of esters is 1. The Hall–Kier alpha value is -0.850. The van der Waals surface area contributed by atoms with Crippen LogP contribution in [0.1, 0.15) is 27.2 Å². The zero-order chi connectivity index (χ0) is 23.0. The van der Waals surface area contributed by atoms with Crippen LogP contribution in [0.15, 0.2) is 0 Å². The zero-order valence-corrected chi connectivity index (χ0v) is 19.4. The SMILES string of the molecule is CC(C)(C)OC(=O)CCOCCOCCOCCOCCOCCOCCOCCO. The summed E-state index contributed by atoms with van der Waals surface area (Å²) in [5.74, 6) is -0.263. The smallest absolute Gasteiger partial charge is 0.308 e. The van der Waals surface area contributed by atoms with E-state index in [2.05, 4.69) is 0 Å². The molecule has 0 aromatic heterocycles. The van der Waals surface area contributed by atoms with Gasteiger partial charge in [-0.25, -0.2) is 0 Å². The summed E-state index contributed by atoms with van der Waals surface area (Å²) in [6.45, 7) is 12.0. The van der Waals surface area contributed by atoms with Gasteiger partial charge in [-0.05, 0) is 20.8 Å². The highest BCUT2D eigenvalue weighted by atomic mass is 16.6. The first-order valence-electron chi connectivity index (χ1n) is 10.8. The lowest BCUT2D eigenvalue weighted by Crippen LogP contribution is -2.24. The predicted octanol–water partition coefficient (Wildman–Crippen LogP) is 0.827. The highest BCUT2D eigenvalue weighted by Crippen LogP contribution is 2.07. The Kier molecular flexibility index (Phi) is 21.7. The maximum atomic E-state index is 11.5. The second-order valence-electron chi connectivity index (χ2n) is 7.35. The standard InChI is InChI=1S/C21H42O10/c1-21(2,3)31-20(23)4-6-24-8-10-26-12-14-28-16-18-30-19-17-29-15-13-27-11-9-25-7-5-22/h22H,4-19H2,1-3H3. The average Bonchev–Trinajstić information content (AvgIpc) is 2.70. The number of hydrogen-bond acceptors (Lipinski definition) is 10. The summed E-state index contributed by atoms with van der Waals surface area (Å²) in [5.41, 5.74) is -0.466. The minimum Gasteiger partial charge on any atom is -0.460 e. The molecular formula is C21H42O10. The molecule has 0 aromatic carbocycles. The molecule has 0 rings (SSSR count). The van der Waals surface area contributed by atoms with Crippen LogP contribution in [0.3, 0.4) is 0 Å². The van der Waals surface area contributed by atoms with E-state index in [1.807, 2.05) is 20.8 Å². The Morgan fingerprint density at radius 1 is 0.548 bits per heavy atom. The van der Waals surface area contributed by atoms with Gasteiger partial charge in [0.1, 0.15) is 5.60 Å². The van der Waals surface area contributed by atoms with Crippen LogP contribution >= 0.6 is 0 Å². The van der Waals surface area contributed by atoms with Gasteiger partial charge in [0.25, 0.3) is 0 Å². The van der Waals surface area contributed by atoms with Crippen molar-refractivity contribution >= 4 is 5.97 Å². The lowest BCUT2D eigenvalue weighted by Gasteiger charge is -2.19. The van der Waals surface area contributed by atoms with Crippen molar-refractivity contribution in [2.45, 2.75) is 32.8 Å². The maximum absolute atomic E-state index is 11.5. The van der Waals surface area contributed by atoms with Crippen molar-refractivity contribution in [2.75, 3.05) is 99.1 Å². The number of rotatable bonds is 23. The van der Waals surface area contributed by atoms with Gasteiger partial charge in [-0.15, -0.1) is 0 Å². The summed E-state index contributed by atoms with van der Waals surface area (Å²) in [5, 5.41) is 8.53. The van der Waals surface area contributed by atoms with Crippen molar-refractivity contribution in [1.82, 2.24) is 0 Å². The van der Waals surface area contributed by atoms with Gasteiger partial charge >= 0.3 is 5.97 Å². The van der Waals surface area contributed by atoms with Gasteiger partial charge in [0.15, 0.2) is 0 Å². The molecule has 0 fully saturated rings. The number of aliphatic hydroxyl groups is 1. The van der Waals surface area contributed by atoms with Crippen LogP contribution in [-0.2, 0) is 42.7 Å². The number of aliphatic hydroxyl groups excluding tert-OH is 1. The van der Waals surface area contributed by atoms with Crippen molar-refractivity contribution in [3.8, 4) is 0 Å². The highest BCUT2D eigenvalue weighted by Gasteiger charge is 2.15. The average molecular weight is 455 g/mol. The minimum absolute atomic E-state index is 0.0251. The molecule has 0 unspecified atom stereocenters. The minimum atomic E-state index is -0.466. The van der Waals surface area contributed by atoms with Crippen LogP contribution < -0.4 is 0 Å². The Bertz CT molecular complexity index is 387. The van der Waals surface area contributed by atoms with Crippen LogP contribution in [0.2, 0.25) is 0 Å². The zero-order valence-electron chi connectivity index (χ0n) is 19.4. The molecule has 0 aliphatic rings. The summed E-state index contributed by atoms with van der Waals surface area (Å²) in [6, 6.07) is 0. The molecule has 0 saturated heterocycles. The van der Waals surface area contributed by atoms with Crippen molar-refractivity contribution in [3.05, 3.63) is 0 Å². The van der Waals surface area contributed by atoms with Crippen LogP contribution in [-0.4, -0.2) is 116 Å². The Morgan fingerprint density at radius 3 is 1.13 bits per heavy atom. The Labute approximate surface area is 186 Å². The van der Waals surface area contributed by atoms with Crippen LogP contribution in [0.25, 0.3) is 0 Å². The van der Waals surface area contributed by atoms with Crippen molar-refractivity contribution in [2.24, 2.45) is 0 Å². The van der Waals surface area contributed by atoms with E-state index >= 15 is 0 Å². The second kappa shape index (κ2) is 22.3. The van der Waals surface area contributed by atoms with Gasteiger partial charge in [-0.1, -0.05) is 0 Å². The molecular weight excluding hydrogens is 412 g/mol. The fourth-order valence-electron chi connectivity index (χ4n) is 2.03. The molecule has 10 nitrogen and oxygen atoms in total. The van der Waals surface area contributed by atoms with Gasteiger partial charge in [0, 0.05) is 0 Å². The largest absolute Gasteiger partial charge is 0.460 e. The van der Waals surface area contributed by atoms with Gasteiger partial charge in [0.05, 0.1) is 106 Å². The van der Waals surface area contributed by atoms with Gasteiger partial charge in [-0.2, -0.15) is 0 Å². The lowest BCUT2D eigenvalue weighted by molar-refractivity contribution is -0.156. The van der Waals surface area contributed by atoms with E-state index in [1.165, 1.54) is 0 Å². The van der Waals surface area contributed by atoms with E-state index in [0.717, 1.165) is 0 Å². The van der Waals surface area contributed by atoms with Crippen LogP contribution in [0.4, 0.5) is 0 Å². The number of carbonyl (C=O) groups is 1. The van der Waals surface area contributed by atoms with Crippen molar-refractivity contribution < 1.29 is 47.8 Å². The third-order valence-electron chi connectivity index (χ3n) is 3.34. The molecule has 0 radical (unpaired) electrons. The summed E-state index contributed by atoms with van der Waals surface area (Å²) < 4.78 is 42.4. The van der Waals surface area contributed by atoms with E-state index < -0.39 is 5.60 Å². The van der Waals surface area contributed by atoms with Gasteiger partial charge < -0.3 is 43.0 Å². The molecule has 0 bridgehead atoms. The molecule has 0 aliphatic carbocycles. The molecule has 0 aliphatic heterocycles. The molecule has 10 heteroatoms. The third-order valence-corrected chi connectivity index (χ3v) is 3.34. The van der Waals surface area contributed by atoms with E-state index in [0.29, 0.717) is 92.5 Å². The molecule has 31 heavy (non-hydrogen) atoms. The topological polar surface area (TPSA) is 111 Å². The third kappa shape index (κ3) is 27.1. The van der Waals surface area contributed by atoms with E-state index in [9.17, 15) is 4.79 Å². The summed E-state index contributed by atoms with van der Waals surface area (Å²) in [4.78, 5) is 11.5. The molecule has 0 atom stereocenters. The second-order valence-corrected chi connectivity index (χ2v) is 7.35.